The van der Waals surface area contributed by atoms with Crippen molar-refractivity contribution >= 4 is 32.2 Å². The number of benzene rings is 2. The minimum atomic E-state index is 0.162. The van der Waals surface area contributed by atoms with Gasteiger partial charge in [-0.15, -0.1) is 10.2 Å². The van der Waals surface area contributed by atoms with Crippen molar-refractivity contribution in [3.63, 3.8) is 0 Å². The van der Waals surface area contributed by atoms with Crippen LogP contribution in [0.15, 0.2) is 53.0 Å². The van der Waals surface area contributed by atoms with E-state index >= 15 is 0 Å². The summed E-state index contributed by atoms with van der Waals surface area (Å²) in [7, 11) is 0. The number of halogens is 1. The lowest BCUT2D eigenvalue weighted by Gasteiger charge is -2.00. The minimum absolute atomic E-state index is 0.162. The molecule has 0 saturated carbocycles. The molecule has 4 rings (SSSR count). The molecule has 2 aromatic carbocycles. The molecule has 22 heavy (non-hydrogen) atoms. The highest BCUT2D eigenvalue weighted by molar-refractivity contribution is 9.10. The number of nitrogens with zero attached hydrogens (tertiary/aromatic N) is 4. The van der Waals surface area contributed by atoms with Crippen molar-refractivity contribution in [2.45, 2.75) is 0 Å². The van der Waals surface area contributed by atoms with Crippen LogP contribution < -0.4 is 0 Å². The summed E-state index contributed by atoms with van der Waals surface area (Å²) in [5.41, 5.74) is 1.63. The normalized spacial score (nSPS) is 11.1. The lowest BCUT2D eigenvalue weighted by Crippen LogP contribution is -1.91. The van der Waals surface area contributed by atoms with Crippen LogP contribution in [0.5, 0.6) is 5.75 Å². The van der Waals surface area contributed by atoms with Gasteiger partial charge in [0.2, 0.25) is 4.96 Å². The number of aromatic hydroxyl groups is 1. The Kier molecular flexibility index (Phi) is 3.16. The van der Waals surface area contributed by atoms with Gasteiger partial charge in [-0.25, -0.2) is 0 Å². The topological polar surface area (TPSA) is 63.3 Å². The van der Waals surface area contributed by atoms with E-state index < -0.39 is 0 Å². The molecule has 4 aromatic rings. The van der Waals surface area contributed by atoms with E-state index in [9.17, 15) is 5.11 Å². The standard InChI is InChI=1S/C15H9BrN4OS/c16-10-7-5-9(6-8-10)14-19-20-13(17-18-15(20)22-14)11-3-1-2-4-12(11)21/h1-8,21H. The third kappa shape index (κ3) is 2.18. The van der Waals surface area contributed by atoms with Gasteiger partial charge in [0.1, 0.15) is 10.8 Å². The van der Waals surface area contributed by atoms with Gasteiger partial charge in [0.15, 0.2) is 5.82 Å². The summed E-state index contributed by atoms with van der Waals surface area (Å²) < 4.78 is 2.69. The van der Waals surface area contributed by atoms with Gasteiger partial charge in [0.25, 0.3) is 0 Å². The number of aromatic nitrogens is 4. The molecule has 0 aliphatic carbocycles. The van der Waals surface area contributed by atoms with Gasteiger partial charge in [0.05, 0.1) is 5.56 Å². The van der Waals surface area contributed by atoms with E-state index in [1.165, 1.54) is 11.3 Å². The zero-order valence-corrected chi connectivity index (χ0v) is 13.5. The molecular weight excluding hydrogens is 364 g/mol. The van der Waals surface area contributed by atoms with E-state index in [0.29, 0.717) is 16.3 Å². The third-order valence-electron chi connectivity index (χ3n) is 3.23. The van der Waals surface area contributed by atoms with Crippen molar-refractivity contribution in [3.05, 3.63) is 53.0 Å². The Morgan fingerprint density at radius 1 is 1.00 bits per heavy atom. The molecule has 5 nitrogen and oxygen atoms in total. The summed E-state index contributed by atoms with van der Waals surface area (Å²) in [6, 6.07) is 15.0. The Morgan fingerprint density at radius 2 is 1.77 bits per heavy atom. The van der Waals surface area contributed by atoms with Crippen LogP contribution in [0, 0.1) is 0 Å². The first kappa shape index (κ1) is 13.4. The molecule has 0 spiro atoms. The molecule has 0 atom stereocenters. The van der Waals surface area contributed by atoms with E-state index in [1.807, 2.05) is 30.3 Å². The summed E-state index contributed by atoms with van der Waals surface area (Å²) in [6.45, 7) is 0. The predicted molar refractivity (Wildman–Crippen MR) is 88.9 cm³/mol. The first-order valence-electron chi connectivity index (χ1n) is 6.49. The monoisotopic (exact) mass is 372 g/mol. The second-order valence-electron chi connectivity index (χ2n) is 4.65. The van der Waals surface area contributed by atoms with Gasteiger partial charge in [-0.1, -0.05) is 51.5 Å². The zero-order chi connectivity index (χ0) is 15.1. The number of hydrogen-bond donors (Lipinski definition) is 1. The van der Waals surface area contributed by atoms with Crippen LogP contribution in [-0.4, -0.2) is 24.9 Å². The van der Waals surface area contributed by atoms with E-state index in [0.717, 1.165) is 15.0 Å². The molecular formula is C15H9BrN4OS. The van der Waals surface area contributed by atoms with E-state index in [4.69, 9.17) is 0 Å². The third-order valence-corrected chi connectivity index (χ3v) is 4.70. The summed E-state index contributed by atoms with van der Waals surface area (Å²) in [6.07, 6.45) is 0. The molecule has 0 radical (unpaired) electrons. The Bertz CT molecular complexity index is 961. The quantitative estimate of drug-likeness (QED) is 0.577. The fraction of sp³-hybridized carbons (Fsp3) is 0. The zero-order valence-electron chi connectivity index (χ0n) is 11.1. The lowest BCUT2D eigenvalue weighted by atomic mass is 10.2. The Hall–Kier alpha value is -2.25. The second-order valence-corrected chi connectivity index (χ2v) is 6.52. The highest BCUT2D eigenvalue weighted by Crippen LogP contribution is 2.31. The molecule has 0 aliphatic heterocycles. The Balaban J connectivity index is 1.86. The van der Waals surface area contributed by atoms with Crippen LogP contribution in [0.4, 0.5) is 0 Å². The maximum absolute atomic E-state index is 9.99. The van der Waals surface area contributed by atoms with E-state index in [2.05, 4.69) is 31.2 Å². The van der Waals surface area contributed by atoms with Crippen LogP contribution in [0.1, 0.15) is 0 Å². The van der Waals surface area contributed by atoms with Gasteiger partial charge in [-0.2, -0.15) is 9.61 Å². The van der Waals surface area contributed by atoms with E-state index in [-0.39, 0.29) is 5.75 Å². The number of fused-ring (bicyclic) bond motifs is 1. The number of hydrogen-bond acceptors (Lipinski definition) is 5. The average Bonchev–Trinajstić information content (AvgIpc) is 3.09. The fourth-order valence-electron chi connectivity index (χ4n) is 2.16. The Morgan fingerprint density at radius 3 is 2.55 bits per heavy atom. The maximum atomic E-state index is 9.99. The molecule has 0 fully saturated rings. The van der Waals surface area contributed by atoms with Gasteiger partial charge in [0, 0.05) is 10.0 Å². The summed E-state index contributed by atoms with van der Waals surface area (Å²) in [5, 5.41) is 23.7. The number of phenolic OH excluding ortho intramolecular Hbond substituents is 1. The maximum Gasteiger partial charge on any atom is 0.235 e. The lowest BCUT2D eigenvalue weighted by molar-refractivity contribution is 0.476. The number of para-hydroxylation sites is 1. The van der Waals surface area contributed by atoms with Crippen LogP contribution in [0.3, 0.4) is 0 Å². The molecule has 1 N–H and O–H groups in total. The van der Waals surface area contributed by atoms with Crippen LogP contribution in [0.2, 0.25) is 0 Å². The summed E-state index contributed by atoms with van der Waals surface area (Å²) >= 11 is 4.88. The molecule has 0 amide bonds. The summed E-state index contributed by atoms with van der Waals surface area (Å²) in [5.74, 6) is 0.697. The average molecular weight is 373 g/mol. The number of phenols is 1. The van der Waals surface area contributed by atoms with Crippen LogP contribution in [-0.2, 0) is 0 Å². The SMILES string of the molecule is Oc1ccccc1-c1nnc2sc(-c3ccc(Br)cc3)nn12. The van der Waals surface area contributed by atoms with Gasteiger partial charge in [-0.3, -0.25) is 0 Å². The summed E-state index contributed by atoms with van der Waals surface area (Å²) in [4.78, 5) is 0.691. The first-order valence-corrected chi connectivity index (χ1v) is 8.10. The van der Waals surface area contributed by atoms with Crippen molar-refractivity contribution in [1.29, 1.82) is 0 Å². The molecule has 0 aliphatic rings. The molecule has 0 unspecified atom stereocenters. The van der Waals surface area contributed by atoms with Gasteiger partial charge in [-0.05, 0) is 24.3 Å². The molecule has 7 heteroatoms. The number of rotatable bonds is 2. The van der Waals surface area contributed by atoms with Crippen molar-refractivity contribution in [2.75, 3.05) is 0 Å². The van der Waals surface area contributed by atoms with Crippen LogP contribution >= 0.6 is 27.3 Å². The first-order chi connectivity index (χ1) is 10.7. The van der Waals surface area contributed by atoms with E-state index in [1.54, 1.807) is 22.7 Å². The molecule has 0 saturated heterocycles. The van der Waals surface area contributed by atoms with Crippen LogP contribution in [0.25, 0.3) is 26.9 Å². The van der Waals surface area contributed by atoms with Crippen molar-refractivity contribution < 1.29 is 5.11 Å². The molecule has 108 valence electrons. The molecule has 2 heterocycles. The predicted octanol–water partition coefficient (Wildman–Crippen LogP) is 3.99. The highest BCUT2D eigenvalue weighted by atomic mass is 79.9. The molecule has 0 bridgehead atoms. The van der Waals surface area contributed by atoms with Crippen molar-refractivity contribution in [2.24, 2.45) is 0 Å². The minimum Gasteiger partial charge on any atom is -0.507 e. The fourth-order valence-corrected chi connectivity index (χ4v) is 3.27. The van der Waals surface area contributed by atoms with Crippen molar-refractivity contribution in [1.82, 2.24) is 19.8 Å². The molecule has 2 aromatic heterocycles. The largest absolute Gasteiger partial charge is 0.507 e. The van der Waals surface area contributed by atoms with Gasteiger partial charge < -0.3 is 5.11 Å². The Labute approximate surface area is 138 Å². The highest BCUT2D eigenvalue weighted by Gasteiger charge is 2.16. The van der Waals surface area contributed by atoms with Gasteiger partial charge >= 0.3 is 0 Å². The second kappa shape index (κ2) is 5.19. The smallest absolute Gasteiger partial charge is 0.235 e. The van der Waals surface area contributed by atoms with Crippen molar-refractivity contribution in [3.8, 4) is 27.7 Å².